The molecule has 0 amide bonds. The summed E-state index contributed by atoms with van der Waals surface area (Å²) in [6, 6.07) is 2.54. The minimum atomic E-state index is 0.459. The van der Waals surface area contributed by atoms with E-state index in [1.54, 1.807) is 7.11 Å². The molecule has 1 heterocycles. The lowest BCUT2D eigenvalue weighted by Crippen LogP contribution is -2.32. The maximum absolute atomic E-state index is 5.62. The molecule has 0 aromatic carbocycles. The van der Waals surface area contributed by atoms with Crippen LogP contribution in [0.3, 0.4) is 0 Å². The smallest absolute Gasteiger partial charge is 0.0764 e. The third kappa shape index (κ3) is 4.76. The van der Waals surface area contributed by atoms with Crippen molar-refractivity contribution in [1.82, 2.24) is 14.7 Å². The standard InChI is InChI=1S/C13H26N4O/c1-4-12(2)17-7-5-13(15-17)11-16(8-6-14)9-10-18-3/h5,7,12H,4,6,8-11,14H2,1-3H3. The zero-order valence-electron chi connectivity index (χ0n) is 11.8. The summed E-state index contributed by atoms with van der Waals surface area (Å²) in [4.78, 5) is 2.27. The third-order valence-corrected chi connectivity index (χ3v) is 3.15. The lowest BCUT2D eigenvalue weighted by atomic mass is 10.3. The van der Waals surface area contributed by atoms with Crippen molar-refractivity contribution < 1.29 is 4.74 Å². The van der Waals surface area contributed by atoms with Crippen LogP contribution in [0, 0.1) is 0 Å². The van der Waals surface area contributed by atoms with E-state index in [2.05, 4.69) is 36.1 Å². The zero-order chi connectivity index (χ0) is 13.4. The van der Waals surface area contributed by atoms with Crippen LogP contribution in [0.2, 0.25) is 0 Å². The molecule has 18 heavy (non-hydrogen) atoms. The van der Waals surface area contributed by atoms with Gasteiger partial charge in [0.2, 0.25) is 0 Å². The molecule has 0 saturated carbocycles. The van der Waals surface area contributed by atoms with Crippen molar-refractivity contribution in [3.05, 3.63) is 18.0 Å². The summed E-state index contributed by atoms with van der Waals surface area (Å²) in [5.74, 6) is 0. The monoisotopic (exact) mass is 254 g/mol. The number of hydrogen-bond donors (Lipinski definition) is 1. The minimum absolute atomic E-state index is 0.459. The largest absolute Gasteiger partial charge is 0.383 e. The van der Waals surface area contributed by atoms with Crippen molar-refractivity contribution >= 4 is 0 Å². The summed E-state index contributed by atoms with van der Waals surface area (Å²) in [7, 11) is 1.72. The molecule has 5 nitrogen and oxygen atoms in total. The van der Waals surface area contributed by atoms with Crippen molar-refractivity contribution in [3.63, 3.8) is 0 Å². The molecule has 5 heteroatoms. The molecule has 0 radical (unpaired) electrons. The van der Waals surface area contributed by atoms with Gasteiger partial charge >= 0.3 is 0 Å². The molecule has 1 aromatic rings. The lowest BCUT2D eigenvalue weighted by molar-refractivity contribution is 0.145. The van der Waals surface area contributed by atoms with Gasteiger partial charge in [0.05, 0.1) is 12.3 Å². The van der Waals surface area contributed by atoms with E-state index in [1.165, 1.54) is 0 Å². The first kappa shape index (κ1) is 15.1. The van der Waals surface area contributed by atoms with Crippen LogP contribution >= 0.6 is 0 Å². The number of rotatable bonds is 9. The summed E-state index contributed by atoms with van der Waals surface area (Å²) >= 11 is 0. The second-order valence-electron chi connectivity index (χ2n) is 4.60. The summed E-state index contributed by atoms with van der Waals surface area (Å²) in [5.41, 5.74) is 6.72. The molecule has 1 rings (SSSR count). The van der Waals surface area contributed by atoms with Gasteiger partial charge < -0.3 is 10.5 Å². The SMILES string of the molecule is CCC(C)n1ccc(CN(CCN)CCOC)n1. The highest BCUT2D eigenvalue weighted by atomic mass is 16.5. The zero-order valence-corrected chi connectivity index (χ0v) is 11.8. The molecule has 2 N–H and O–H groups in total. The molecule has 0 aliphatic heterocycles. The number of hydrogen-bond acceptors (Lipinski definition) is 4. The van der Waals surface area contributed by atoms with E-state index in [0.29, 0.717) is 12.6 Å². The fourth-order valence-electron chi connectivity index (χ4n) is 1.80. The third-order valence-electron chi connectivity index (χ3n) is 3.15. The van der Waals surface area contributed by atoms with Gasteiger partial charge in [0.1, 0.15) is 0 Å². The van der Waals surface area contributed by atoms with Crippen LogP contribution in [0.25, 0.3) is 0 Å². The summed E-state index contributed by atoms with van der Waals surface area (Å²) in [6.45, 7) is 8.35. The normalized spacial score (nSPS) is 13.2. The highest BCUT2D eigenvalue weighted by Gasteiger charge is 2.09. The molecular weight excluding hydrogens is 228 g/mol. The fraction of sp³-hybridized carbons (Fsp3) is 0.769. The summed E-state index contributed by atoms with van der Waals surface area (Å²) in [6.07, 6.45) is 3.15. The molecular formula is C13H26N4O. The average Bonchev–Trinajstić information content (AvgIpc) is 2.83. The van der Waals surface area contributed by atoms with E-state index < -0.39 is 0 Å². The lowest BCUT2D eigenvalue weighted by Gasteiger charge is -2.19. The van der Waals surface area contributed by atoms with Crippen LogP contribution in [-0.2, 0) is 11.3 Å². The highest BCUT2D eigenvalue weighted by Crippen LogP contribution is 2.10. The molecule has 0 saturated heterocycles. The number of nitrogens with two attached hydrogens (primary N) is 1. The van der Waals surface area contributed by atoms with Gasteiger partial charge in [0, 0.05) is 45.5 Å². The van der Waals surface area contributed by atoms with Crippen LogP contribution < -0.4 is 5.73 Å². The Bertz CT molecular complexity index is 327. The Morgan fingerprint density at radius 2 is 2.28 bits per heavy atom. The number of methoxy groups -OCH3 is 1. The van der Waals surface area contributed by atoms with Gasteiger partial charge in [-0.25, -0.2) is 0 Å². The molecule has 0 aliphatic carbocycles. The van der Waals surface area contributed by atoms with Crippen molar-refractivity contribution in [2.24, 2.45) is 5.73 Å². The first-order chi connectivity index (χ1) is 8.71. The first-order valence-corrected chi connectivity index (χ1v) is 6.66. The number of aromatic nitrogens is 2. The van der Waals surface area contributed by atoms with Crippen molar-refractivity contribution in [2.45, 2.75) is 32.9 Å². The molecule has 1 unspecified atom stereocenters. The molecule has 0 aliphatic rings. The maximum Gasteiger partial charge on any atom is 0.0764 e. The van der Waals surface area contributed by atoms with Crippen LogP contribution in [0.4, 0.5) is 0 Å². The van der Waals surface area contributed by atoms with E-state index in [0.717, 1.165) is 38.4 Å². The molecule has 0 spiro atoms. The predicted molar refractivity (Wildman–Crippen MR) is 73.4 cm³/mol. The van der Waals surface area contributed by atoms with Crippen LogP contribution in [0.15, 0.2) is 12.3 Å². The Morgan fingerprint density at radius 1 is 1.50 bits per heavy atom. The molecule has 0 bridgehead atoms. The maximum atomic E-state index is 5.62. The van der Waals surface area contributed by atoms with Gasteiger partial charge in [-0.15, -0.1) is 0 Å². The van der Waals surface area contributed by atoms with Crippen molar-refractivity contribution in [1.29, 1.82) is 0 Å². The Balaban J connectivity index is 2.54. The molecule has 0 fully saturated rings. The topological polar surface area (TPSA) is 56.3 Å². The van der Waals surface area contributed by atoms with Gasteiger partial charge in [-0.1, -0.05) is 6.92 Å². The number of nitrogens with zero attached hydrogens (tertiary/aromatic N) is 3. The first-order valence-electron chi connectivity index (χ1n) is 6.66. The Kier molecular flexibility index (Phi) is 6.93. The molecule has 1 aromatic heterocycles. The van der Waals surface area contributed by atoms with Gasteiger partial charge in [0.15, 0.2) is 0 Å². The Labute approximate surface area is 110 Å². The van der Waals surface area contributed by atoms with E-state index in [9.17, 15) is 0 Å². The Morgan fingerprint density at radius 3 is 2.89 bits per heavy atom. The quantitative estimate of drug-likeness (QED) is 0.721. The van der Waals surface area contributed by atoms with Crippen LogP contribution in [0.5, 0.6) is 0 Å². The second kappa shape index (κ2) is 8.24. The van der Waals surface area contributed by atoms with E-state index in [4.69, 9.17) is 10.5 Å². The molecule has 104 valence electrons. The molecule has 1 atom stereocenters. The average molecular weight is 254 g/mol. The van der Waals surface area contributed by atoms with E-state index in [-0.39, 0.29) is 0 Å². The predicted octanol–water partition coefficient (Wildman–Crippen LogP) is 1.26. The highest BCUT2D eigenvalue weighted by molar-refractivity contribution is 4.99. The van der Waals surface area contributed by atoms with Crippen molar-refractivity contribution in [3.8, 4) is 0 Å². The van der Waals surface area contributed by atoms with Gasteiger partial charge in [0.25, 0.3) is 0 Å². The summed E-state index contributed by atoms with van der Waals surface area (Å²) < 4.78 is 7.14. The van der Waals surface area contributed by atoms with Gasteiger partial charge in [-0.05, 0) is 19.4 Å². The Hall–Kier alpha value is -0.910. The van der Waals surface area contributed by atoms with E-state index in [1.807, 2.05) is 4.68 Å². The van der Waals surface area contributed by atoms with Gasteiger partial charge in [-0.2, -0.15) is 5.10 Å². The number of ether oxygens (including phenoxy) is 1. The second-order valence-corrected chi connectivity index (χ2v) is 4.60. The summed E-state index contributed by atoms with van der Waals surface area (Å²) in [5, 5.41) is 4.60. The van der Waals surface area contributed by atoms with Crippen LogP contribution in [0.1, 0.15) is 32.0 Å². The fourth-order valence-corrected chi connectivity index (χ4v) is 1.80. The van der Waals surface area contributed by atoms with Crippen LogP contribution in [-0.4, -0.2) is 48.0 Å². The van der Waals surface area contributed by atoms with Crippen molar-refractivity contribution in [2.75, 3.05) is 33.4 Å². The minimum Gasteiger partial charge on any atom is -0.383 e. The van der Waals surface area contributed by atoms with Gasteiger partial charge in [-0.3, -0.25) is 9.58 Å². The van der Waals surface area contributed by atoms with E-state index >= 15 is 0 Å².